The maximum atomic E-state index is 12.1. The molecule has 2 aromatic carbocycles. The normalized spacial score (nSPS) is 10.2. The molecule has 0 aromatic heterocycles. The molecule has 2 aromatic rings. The van der Waals surface area contributed by atoms with Crippen LogP contribution in [0.2, 0.25) is 0 Å². The molecule has 0 radical (unpaired) electrons. The van der Waals surface area contributed by atoms with Crippen LogP contribution in [0.5, 0.6) is 0 Å². The summed E-state index contributed by atoms with van der Waals surface area (Å²) in [6.07, 6.45) is 0. The Morgan fingerprint density at radius 1 is 1.10 bits per heavy atom. The summed E-state index contributed by atoms with van der Waals surface area (Å²) in [7, 11) is 0. The second-order valence-electron chi connectivity index (χ2n) is 4.79. The zero-order chi connectivity index (χ0) is 15.2. The Balaban J connectivity index is 1.97. The first-order chi connectivity index (χ1) is 10.0. The van der Waals surface area contributed by atoms with E-state index in [4.69, 9.17) is 0 Å². The van der Waals surface area contributed by atoms with Gasteiger partial charge in [-0.2, -0.15) is 0 Å². The van der Waals surface area contributed by atoms with Crippen molar-refractivity contribution in [2.45, 2.75) is 18.7 Å². The summed E-state index contributed by atoms with van der Waals surface area (Å²) < 4.78 is 0. The van der Waals surface area contributed by atoms with Crippen LogP contribution >= 0.6 is 11.8 Å². The van der Waals surface area contributed by atoms with Gasteiger partial charge in [0.2, 0.25) is 5.91 Å². The maximum Gasteiger partial charge on any atom is 0.221 e. The van der Waals surface area contributed by atoms with Crippen LogP contribution in [-0.4, -0.2) is 17.4 Å². The van der Waals surface area contributed by atoms with Crippen LogP contribution in [0.15, 0.2) is 53.4 Å². The van der Waals surface area contributed by atoms with Crippen molar-refractivity contribution in [2.24, 2.45) is 0 Å². The molecule has 0 unspecified atom stereocenters. The Morgan fingerprint density at radius 2 is 1.81 bits per heavy atom. The van der Waals surface area contributed by atoms with Crippen LogP contribution in [0.3, 0.4) is 0 Å². The standard InChI is InChI=1S/C17H17NO2S/c1-12-6-8-14(9-7-12)17(20)11-21-16-5-3-4-15(10-16)18-13(2)19/h3-10H,11H2,1-2H3,(H,18,19). The Hall–Kier alpha value is -2.07. The summed E-state index contributed by atoms with van der Waals surface area (Å²) in [5.74, 6) is 0.380. The number of rotatable bonds is 5. The minimum atomic E-state index is -0.104. The predicted molar refractivity (Wildman–Crippen MR) is 87.0 cm³/mol. The monoisotopic (exact) mass is 299 g/mol. The van der Waals surface area contributed by atoms with Crippen LogP contribution < -0.4 is 5.32 Å². The van der Waals surface area contributed by atoms with Gasteiger partial charge in [-0.25, -0.2) is 0 Å². The summed E-state index contributed by atoms with van der Waals surface area (Å²) >= 11 is 1.47. The molecule has 4 heteroatoms. The number of hydrogen-bond acceptors (Lipinski definition) is 3. The minimum Gasteiger partial charge on any atom is -0.326 e. The maximum absolute atomic E-state index is 12.1. The minimum absolute atomic E-state index is 0.102. The average molecular weight is 299 g/mol. The molecule has 0 aliphatic carbocycles. The smallest absolute Gasteiger partial charge is 0.221 e. The van der Waals surface area contributed by atoms with Crippen molar-refractivity contribution in [3.8, 4) is 0 Å². The number of ketones is 1. The van der Waals surface area contributed by atoms with E-state index in [1.165, 1.54) is 18.7 Å². The largest absolute Gasteiger partial charge is 0.326 e. The highest BCUT2D eigenvalue weighted by atomic mass is 32.2. The molecule has 0 atom stereocenters. The first-order valence-corrected chi connectivity index (χ1v) is 7.63. The number of aryl methyl sites for hydroxylation is 1. The van der Waals surface area contributed by atoms with E-state index in [0.717, 1.165) is 21.7 Å². The van der Waals surface area contributed by atoms with Gasteiger partial charge in [0.1, 0.15) is 0 Å². The Bertz CT molecular complexity index is 650. The molecule has 0 saturated heterocycles. The van der Waals surface area contributed by atoms with E-state index in [1.54, 1.807) is 0 Å². The number of thioether (sulfide) groups is 1. The van der Waals surface area contributed by atoms with Crippen molar-refractivity contribution in [1.82, 2.24) is 0 Å². The summed E-state index contributed by atoms with van der Waals surface area (Å²) in [6.45, 7) is 3.47. The van der Waals surface area contributed by atoms with Gasteiger partial charge in [0.15, 0.2) is 5.78 Å². The highest BCUT2D eigenvalue weighted by Gasteiger charge is 2.07. The van der Waals surface area contributed by atoms with Crippen molar-refractivity contribution < 1.29 is 9.59 Å². The van der Waals surface area contributed by atoms with E-state index in [9.17, 15) is 9.59 Å². The summed E-state index contributed by atoms with van der Waals surface area (Å²) in [5.41, 5.74) is 2.61. The Kier molecular flexibility index (Phi) is 5.17. The van der Waals surface area contributed by atoms with E-state index in [1.807, 2.05) is 55.5 Å². The van der Waals surface area contributed by atoms with Crippen LogP contribution in [0.25, 0.3) is 0 Å². The third-order valence-corrected chi connectivity index (χ3v) is 3.89. The molecule has 0 heterocycles. The number of carbonyl (C=O) groups excluding carboxylic acids is 2. The molecule has 108 valence electrons. The Morgan fingerprint density at radius 3 is 2.48 bits per heavy atom. The highest BCUT2D eigenvalue weighted by Crippen LogP contribution is 2.22. The zero-order valence-electron chi connectivity index (χ0n) is 12.1. The van der Waals surface area contributed by atoms with Gasteiger partial charge in [0, 0.05) is 23.1 Å². The van der Waals surface area contributed by atoms with Gasteiger partial charge in [0.25, 0.3) is 0 Å². The lowest BCUT2D eigenvalue weighted by Crippen LogP contribution is -2.05. The summed E-state index contributed by atoms with van der Waals surface area (Å²) in [5, 5.41) is 2.73. The molecule has 2 rings (SSSR count). The number of nitrogens with one attached hydrogen (secondary N) is 1. The number of benzene rings is 2. The van der Waals surface area contributed by atoms with E-state index in [2.05, 4.69) is 5.32 Å². The second kappa shape index (κ2) is 7.09. The average Bonchev–Trinajstić information content (AvgIpc) is 2.45. The zero-order valence-corrected chi connectivity index (χ0v) is 12.9. The van der Waals surface area contributed by atoms with Crippen molar-refractivity contribution in [3.05, 3.63) is 59.7 Å². The van der Waals surface area contributed by atoms with Crippen LogP contribution in [0, 0.1) is 6.92 Å². The van der Waals surface area contributed by atoms with Gasteiger partial charge in [-0.1, -0.05) is 35.9 Å². The fourth-order valence-corrected chi connectivity index (χ4v) is 2.69. The van der Waals surface area contributed by atoms with E-state index in [-0.39, 0.29) is 11.7 Å². The molecule has 0 spiro atoms. The molecule has 0 aliphatic heterocycles. The molecule has 0 saturated carbocycles. The van der Waals surface area contributed by atoms with Crippen molar-refractivity contribution in [1.29, 1.82) is 0 Å². The SMILES string of the molecule is CC(=O)Nc1cccc(SCC(=O)c2ccc(C)cc2)c1. The van der Waals surface area contributed by atoms with Crippen molar-refractivity contribution >= 4 is 29.1 Å². The van der Waals surface area contributed by atoms with Crippen molar-refractivity contribution in [3.63, 3.8) is 0 Å². The third kappa shape index (κ3) is 4.76. The lowest BCUT2D eigenvalue weighted by atomic mass is 10.1. The number of hydrogen-bond donors (Lipinski definition) is 1. The van der Waals surface area contributed by atoms with Crippen LogP contribution in [0.4, 0.5) is 5.69 Å². The van der Waals surface area contributed by atoms with Gasteiger partial charge in [0.05, 0.1) is 5.75 Å². The molecular weight excluding hydrogens is 282 g/mol. The number of Topliss-reactive ketones (excluding diaryl/α,β-unsaturated/α-hetero) is 1. The third-order valence-electron chi connectivity index (χ3n) is 2.90. The van der Waals surface area contributed by atoms with Crippen LogP contribution in [0.1, 0.15) is 22.8 Å². The molecule has 0 bridgehead atoms. The molecular formula is C17H17NO2S. The van der Waals surface area contributed by atoms with Gasteiger partial charge >= 0.3 is 0 Å². The molecule has 1 N–H and O–H groups in total. The van der Waals surface area contributed by atoms with Crippen LogP contribution in [-0.2, 0) is 4.79 Å². The van der Waals surface area contributed by atoms with Gasteiger partial charge in [-0.15, -0.1) is 11.8 Å². The lowest BCUT2D eigenvalue weighted by Gasteiger charge is -2.05. The van der Waals surface area contributed by atoms with Gasteiger partial charge in [-0.05, 0) is 25.1 Å². The fourth-order valence-electron chi connectivity index (χ4n) is 1.84. The number of carbonyl (C=O) groups is 2. The first-order valence-electron chi connectivity index (χ1n) is 6.65. The van der Waals surface area contributed by atoms with Gasteiger partial charge in [-0.3, -0.25) is 9.59 Å². The van der Waals surface area contributed by atoms with E-state index >= 15 is 0 Å². The molecule has 21 heavy (non-hydrogen) atoms. The molecule has 0 fully saturated rings. The summed E-state index contributed by atoms with van der Waals surface area (Å²) in [6, 6.07) is 15.1. The lowest BCUT2D eigenvalue weighted by molar-refractivity contribution is -0.114. The number of anilines is 1. The van der Waals surface area contributed by atoms with Gasteiger partial charge < -0.3 is 5.32 Å². The summed E-state index contributed by atoms with van der Waals surface area (Å²) in [4.78, 5) is 24.1. The first kappa shape index (κ1) is 15.3. The van der Waals surface area contributed by atoms with E-state index in [0.29, 0.717) is 5.75 Å². The number of amides is 1. The molecule has 0 aliphatic rings. The quantitative estimate of drug-likeness (QED) is 0.672. The van der Waals surface area contributed by atoms with Crippen molar-refractivity contribution in [2.75, 3.05) is 11.1 Å². The fraction of sp³-hybridized carbons (Fsp3) is 0.176. The predicted octanol–water partition coefficient (Wildman–Crippen LogP) is 3.93. The molecule has 1 amide bonds. The molecule has 3 nitrogen and oxygen atoms in total. The second-order valence-corrected chi connectivity index (χ2v) is 5.84. The Labute approximate surface area is 128 Å². The van der Waals surface area contributed by atoms with E-state index < -0.39 is 0 Å². The topological polar surface area (TPSA) is 46.2 Å². The highest BCUT2D eigenvalue weighted by molar-refractivity contribution is 8.00.